The fourth-order valence-corrected chi connectivity index (χ4v) is 1.20. The third-order valence-electron chi connectivity index (χ3n) is 1.93. The van der Waals surface area contributed by atoms with Crippen molar-refractivity contribution in [1.82, 2.24) is 5.32 Å². The number of rotatable bonds is 6. The van der Waals surface area contributed by atoms with E-state index in [1.165, 1.54) is 18.4 Å². The number of hydrogen-bond donors (Lipinski definition) is 1. The summed E-state index contributed by atoms with van der Waals surface area (Å²) in [5, 5.41) is 3.42. The van der Waals surface area contributed by atoms with Crippen LogP contribution in [0.2, 0.25) is 0 Å². The Balaban J connectivity index is 3.25. The molecule has 0 aliphatic rings. The number of hydrogen-bond acceptors (Lipinski definition) is 1. The first-order valence-electron chi connectivity index (χ1n) is 5.00. The van der Waals surface area contributed by atoms with Crippen molar-refractivity contribution in [3.63, 3.8) is 0 Å². The van der Waals surface area contributed by atoms with E-state index in [-0.39, 0.29) is 0 Å². The standard InChI is InChI=1S/C11H23N/c1-5-6-11(4)9-12-8-7-10(2)3/h7,11-12H,5-6,8-9H2,1-4H3. The molecule has 0 fully saturated rings. The molecule has 1 atom stereocenters. The SMILES string of the molecule is CCCC(C)CNCC=C(C)C. The fraction of sp³-hybridized carbons (Fsp3) is 0.818. The van der Waals surface area contributed by atoms with Crippen LogP contribution in [0.3, 0.4) is 0 Å². The maximum atomic E-state index is 3.42. The molecule has 0 rings (SSSR count). The molecule has 1 unspecified atom stereocenters. The predicted molar refractivity (Wildman–Crippen MR) is 56.4 cm³/mol. The van der Waals surface area contributed by atoms with Crippen LogP contribution in [0.4, 0.5) is 0 Å². The quantitative estimate of drug-likeness (QED) is 0.476. The molecule has 0 saturated carbocycles. The van der Waals surface area contributed by atoms with Crippen molar-refractivity contribution in [2.45, 2.75) is 40.5 Å². The normalized spacial score (nSPS) is 12.7. The van der Waals surface area contributed by atoms with Gasteiger partial charge in [-0.1, -0.05) is 31.9 Å². The van der Waals surface area contributed by atoms with Crippen LogP contribution in [0.15, 0.2) is 11.6 Å². The molecule has 0 saturated heterocycles. The number of allylic oxidation sites excluding steroid dienone is 1. The maximum Gasteiger partial charge on any atom is 0.0137 e. The van der Waals surface area contributed by atoms with Crippen molar-refractivity contribution in [1.29, 1.82) is 0 Å². The van der Waals surface area contributed by atoms with Crippen molar-refractivity contribution in [2.24, 2.45) is 5.92 Å². The van der Waals surface area contributed by atoms with E-state index in [9.17, 15) is 0 Å². The molecule has 0 amide bonds. The first-order valence-corrected chi connectivity index (χ1v) is 5.00. The highest BCUT2D eigenvalue weighted by Crippen LogP contribution is 2.02. The summed E-state index contributed by atoms with van der Waals surface area (Å²) in [5.41, 5.74) is 1.39. The maximum absolute atomic E-state index is 3.42. The van der Waals surface area contributed by atoms with E-state index in [0.29, 0.717) is 0 Å². The first kappa shape index (κ1) is 11.7. The molecule has 0 heterocycles. The highest BCUT2D eigenvalue weighted by atomic mass is 14.8. The van der Waals surface area contributed by atoms with Gasteiger partial charge in [0.2, 0.25) is 0 Å². The second-order valence-corrected chi connectivity index (χ2v) is 3.83. The van der Waals surface area contributed by atoms with Gasteiger partial charge in [-0.2, -0.15) is 0 Å². The monoisotopic (exact) mass is 169 g/mol. The van der Waals surface area contributed by atoms with Crippen LogP contribution >= 0.6 is 0 Å². The fourth-order valence-electron chi connectivity index (χ4n) is 1.20. The van der Waals surface area contributed by atoms with E-state index in [0.717, 1.165) is 19.0 Å². The zero-order valence-electron chi connectivity index (χ0n) is 8.98. The zero-order chi connectivity index (χ0) is 9.40. The van der Waals surface area contributed by atoms with Gasteiger partial charge in [-0.25, -0.2) is 0 Å². The average molecular weight is 169 g/mol. The predicted octanol–water partition coefficient (Wildman–Crippen LogP) is 2.98. The van der Waals surface area contributed by atoms with Gasteiger partial charge in [-0.3, -0.25) is 0 Å². The molecule has 0 bridgehead atoms. The lowest BCUT2D eigenvalue weighted by Gasteiger charge is -2.09. The number of nitrogens with one attached hydrogen (secondary N) is 1. The van der Waals surface area contributed by atoms with Gasteiger partial charge in [-0.15, -0.1) is 0 Å². The van der Waals surface area contributed by atoms with Crippen molar-refractivity contribution in [3.8, 4) is 0 Å². The smallest absolute Gasteiger partial charge is 0.0137 e. The van der Waals surface area contributed by atoms with Gasteiger partial charge >= 0.3 is 0 Å². The molecule has 0 spiro atoms. The Bertz CT molecular complexity index is 123. The lowest BCUT2D eigenvalue weighted by atomic mass is 10.1. The Morgan fingerprint density at radius 3 is 2.58 bits per heavy atom. The topological polar surface area (TPSA) is 12.0 Å². The Hall–Kier alpha value is -0.300. The van der Waals surface area contributed by atoms with Crippen LogP contribution in [0.1, 0.15) is 40.5 Å². The molecule has 0 aromatic carbocycles. The molecule has 0 aliphatic heterocycles. The summed E-state index contributed by atoms with van der Waals surface area (Å²) in [5.74, 6) is 0.820. The van der Waals surface area contributed by atoms with Crippen LogP contribution in [-0.4, -0.2) is 13.1 Å². The van der Waals surface area contributed by atoms with Crippen molar-refractivity contribution in [2.75, 3.05) is 13.1 Å². The third kappa shape index (κ3) is 7.80. The highest BCUT2D eigenvalue weighted by Gasteiger charge is 1.97. The molecule has 1 heteroatoms. The van der Waals surface area contributed by atoms with Crippen LogP contribution in [0, 0.1) is 5.92 Å². The van der Waals surface area contributed by atoms with Gasteiger partial charge in [0, 0.05) is 6.54 Å². The molecule has 0 radical (unpaired) electrons. The van der Waals surface area contributed by atoms with Gasteiger partial charge in [0.15, 0.2) is 0 Å². The minimum absolute atomic E-state index is 0.820. The molecule has 0 aliphatic carbocycles. The Kier molecular flexibility index (Phi) is 7.17. The van der Waals surface area contributed by atoms with E-state index in [1.54, 1.807) is 0 Å². The van der Waals surface area contributed by atoms with E-state index in [2.05, 4.69) is 39.1 Å². The van der Waals surface area contributed by atoms with Crippen molar-refractivity contribution >= 4 is 0 Å². The lowest BCUT2D eigenvalue weighted by Crippen LogP contribution is -2.21. The molecular formula is C11H23N. The van der Waals surface area contributed by atoms with Crippen LogP contribution < -0.4 is 5.32 Å². The average Bonchev–Trinajstić information content (AvgIpc) is 1.98. The first-order chi connectivity index (χ1) is 5.66. The van der Waals surface area contributed by atoms with Crippen molar-refractivity contribution in [3.05, 3.63) is 11.6 Å². The third-order valence-corrected chi connectivity index (χ3v) is 1.93. The molecule has 1 N–H and O–H groups in total. The van der Waals surface area contributed by atoms with E-state index < -0.39 is 0 Å². The van der Waals surface area contributed by atoms with Crippen molar-refractivity contribution < 1.29 is 0 Å². The molecule has 72 valence electrons. The van der Waals surface area contributed by atoms with Crippen LogP contribution in [0.5, 0.6) is 0 Å². The largest absolute Gasteiger partial charge is 0.313 e. The Labute approximate surface area is 77.2 Å². The van der Waals surface area contributed by atoms with E-state index in [4.69, 9.17) is 0 Å². The van der Waals surface area contributed by atoms with E-state index in [1.807, 2.05) is 0 Å². The van der Waals surface area contributed by atoms with Gasteiger partial charge in [-0.05, 0) is 32.7 Å². The second kappa shape index (κ2) is 7.35. The summed E-state index contributed by atoms with van der Waals surface area (Å²) in [6, 6.07) is 0. The second-order valence-electron chi connectivity index (χ2n) is 3.83. The van der Waals surface area contributed by atoms with Gasteiger partial charge < -0.3 is 5.32 Å². The summed E-state index contributed by atoms with van der Waals surface area (Å²) < 4.78 is 0. The van der Waals surface area contributed by atoms with Gasteiger partial charge in [0.05, 0.1) is 0 Å². The molecule has 0 aromatic rings. The van der Waals surface area contributed by atoms with Crippen LogP contribution in [0.25, 0.3) is 0 Å². The van der Waals surface area contributed by atoms with Gasteiger partial charge in [0.25, 0.3) is 0 Å². The molecule has 0 aromatic heterocycles. The highest BCUT2D eigenvalue weighted by molar-refractivity contribution is 4.94. The summed E-state index contributed by atoms with van der Waals surface area (Å²) in [6.45, 7) is 11.0. The molecule has 12 heavy (non-hydrogen) atoms. The Morgan fingerprint density at radius 1 is 1.42 bits per heavy atom. The van der Waals surface area contributed by atoms with E-state index >= 15 is 0 Å². The van der Waals surface area contributed by atoms with Crippen LogP contribution in [-0.2, 0) is 0 Å². The lowest BCUT2D eigenvalue weighted by molar-refractivity contribution is 0.489. The summed E-state index contributed by atoms with van der Waals surface area (Å²) in [4.78, 5) is 0. The molecular weight excluding hydrogens is 146 g/mol. The Morgan fingerprint density at radius 2 is 2.08 bits per heavy atom. The minimum atomic E-state index is 0.820. The summed E-state index contributed by atoms with van der Waals surface area (Å²) in [6.07, 6.45) is 4.87. The summed E-state index contributed by atoms with van der Waals surface area (Å²) in [7, 11) is 0. The summed E-state index contributed by atoms with van der Waals surface area (Å²) >= 11 is 0. The molecule has 1 nitrogen and oxygen atoms in total. The zero-order valence-corrected chi connectivity index (χ0v) is 8.98. The minimum Gasteiger partial charge on any atom is -0.313 e. The van der Waals surface area contributed by atoms with Gasteiger partial charge in [0.1, 0.15) is 0 Å².